The molecule has 7 heteroatoms. The summed E-state index contributed by atoms with van der Waals surface area (Å²) in [4.78, 5) is 17.7. The van der Waals surface area contributed by atoms with E-state index < -0.39 is 5.54 Å². The molecule has 1 saturated heterocycles. The van der Waals surface area contributed by atoms with Gasteiger partial charge in [0.05, 0.1) is 18.1 Å². The number of piperidine rings is 1. The summed E-state index contributed by atoms with van der Waals surface area (Å²) in [5, 5.41) is 3.87. The summed E-state index contributed by atoms with van der Waals surface area (Å²) >= 11 is 0. The molecule has 0 aromatic carbocycles. The molecule has 1 aromatic rings. The maximum atomic E-state index is 11.4. The summed E-state index contributed by atoms with van der Waals surface area (Å²) in [6.07, 6.45) is 2.86. The van der Waals surface area contributed by atoms with Crippen LogP contribution in [0.5, 0.6) is 0 Å². The minimum atomic E-state index is -0.632. The Balaban J connectivity index is 2.07. The number of primary amides is 1. The molecule has 1 amide bonds. The van der Waals surface area contributed by atoms with Gasteiger partial charge >= 0.3 is 0 Å². The van der Waals surface area contributed by atoms with Gasteiger partial charge in [-0.2, -0.15) is 4.98 Å². The van der Waals surface area contributed by atoms with E-state index in [4.69, 9.17) is 16.0 Å². The van der Waals surface area contributed by atoms with Gasteiger partial charge in [0.2, 0.25) is 11.8 Å². The summed E-state index contributed by atoms with van der Waals surface area (Å²) in [5.74, 6) is 0.649. The van der Waals surface area contributed by atoms with Gasteiger partial charge in [0.25, 0.3) is 0 Å². The van der Waals surface area contributed by atoms with E-state index >= 15 is 0 Å². The molecule has 1 fully saturated rings. The highest BCUT2D eigenvalue weighted by molar-refractivity contribution is 5.79. The molecule has 2 heterocycles. The first-order valence-electron chi connectivity index (χ1n) is 6.53. The van der Waals surface area contributed by atoms with Crippen molar-refractivity contribution in [2.24, 2.45) is 11.5 Å². The Morgan fingerprint density at radius 3 is 2.84 bits per heavy atom. The highest BCUT2D eigenvalue weighted by Crippen LogP contribution is 2.20. The Kier molecular flexibility index (Phi) is 3.86. The number of nitrogens with two attached hydrogens (primary N) is 2. The van der Waals surface area contributed by atoms with Crippen molar-refractivity contribution in [3.05, 3.63) is 11.7 Å². The first kappa shape index (κ1) is 14.0. The van der Waals surface area contributed by atoms with Crippen LogP contribution in [0, 0.1) is 0 Å². The number of rotatable bonds is 4. The van der Waals surface area contributed by atoms with Crippen molar-refractivity contribution in [1.82, 2.24) is 15.0 Å². The number of aromatic nitrogens is 2. The molecule has 1 atom stereocenters. The summed E-state index contributed by atoms with van der Waals surface area (Å²) in [6, 6.07) is -0.241. The quantitative estimate of drug-likeness (QED) is 0.800. The van der Waals surface area contributed by atoms with Gasteiger partial charge in [-0.25, -0.2) is 0 Å². The zero-order valence-electron chi connectivity index (χ0n) is 11.4. The predicted octanol–water partition coefficient (Wildman–Crippen LogP) is 0.103. The van der Waals surface area contributed by atoms with Gasteiger partial charge in [0.15, 0.2) is 5.82 Å². The van der Waals surface area contributed by atoms with Crippen LogP contribution in [0.4, 0.5) is 0 Å². The number of carbonyl (C=O) groups excluding carboxylic acids is 1. The lowest BCUT2D eigenvalue weighted by Crippen LogP contribution is -2.47. The van der Waals surface area contributed by atoms with E-state index in [9.17, 15) is 4.79 Å². The van der Waals surface area contributed by atoms with E-state index in [1.165, 1.54) is 0 Å². The van der Waals surface area contributed by atoms with Gasteiger partial charge in [-0.3, -0.25) is 9.69 Å². The molecule has 1 aromatic heterocycles. The fraction of sp³-hybridized carbons (Fsp3) is 0.750. The SMILES string of the molecule is CC(C)(N)c1noc(CN2CCCCC2C(N)=O)n1. The van der Waals surface area contributed by atoms with Gasteiger partial charge in [0, 0.05) is 0 Å². The number of amides is 1. The molecule has 7 nitrogen and oxygen atoms in total. The predicted molar refractivity (Wildman–Crippen MR) is 68.8 cm³/mol. The van der Waals surface area contributed by atoms with Crippen molar-refractivity contribution in [2.45, 2.75) is 51.2 Å². The molecule has 4 N–H and O–H groups in total. The minimum absolute atomic E-state index is 0.241. The highest BCUT2D eigenvalue weighted by Gasteiger charge is 2.29. The first-order valence-corrected chi connectivity index (χ1v) is 6.53. The van der Waals surface area contributed by atoms with E-state index in [1.807, 2.05) is 18.7 Å². The standard InChI is InChI=1S/C12H21N5O2/c1-12(2,14)11-15-9(19-16-11)7-17-6-4-3-5-8(17)10(13)18/h8H,3-7,14H2,1-2H3,(H2,13,18). The molecule has 1 unspecified atom stereocenters. The Labute approximate surface area is 112 Å². The normalized spacial score (nSPS) is 21.5. The number of likely N-dealkylation sites (tertiary alicyclic amines) is 1. The van der Waals surface area contributed by atoms with E-state index in [0.29, 0.717) is 18.3 Å². The lowest BCUT2D eigenvalue weighted by atomic mass is 10.0. The molecule has 0 radical (unpaired) electrons. The van der Waals surface area contributed by atoms with Crippen LogP contribution in [-0.4, -0.2) is 33.5 Å². The van der Waals surface area contributed by atoms with Crippen molar-refractivity contribution in [3.63, 3.8) is 0 Å². The molecule has 19 heavy (non-hydrogen) atoms. The van der Waals surface area contributed by atoms with Crippen molar-refractivity contribution in [3.8, 4) is 0 Å². The monoisotopic (exact) mass is 267 g/mol. The van der Waals surface area contributed by atoms with Crippen LogP contribution < -0.4 is 11.5 Å². The van der Waals surface area contributed by atoms with E-state index in [2.05, 4.69) is 10.1 Å². The van der Waals surface area contributed by atoms with Crippen LogP contribution in [0.25, 0.3) is 0 Å². The second kappa shape index (κ2) is 5.26. The van der Waals surface area contributed by atoms with Gasteiger partial charge in [-0.15, -0.1) is 0 Å². The molecule has 1 aliphatic rings. The summed E-state index contributed by atoms with van der Waals surface area (Å²) < 4.78 is 5.19. The third kappa shape index (κ3) is 3.30. The van der Waals surface area contributed by atoms with E-state index in [0.717, 1.165) is 25.8 Å². The summed E-state index contributed by atoms with van der Waals surface area (Å²) in [5.41, 5.74) is 10.7. The number of hydrogen-bond acceptors (Lipinski definition) is 6. The highest BCUT2D eigenvalue weighted by atomic mass is 16.5. The van der Waals surface area contributed by atoms with Gasteiger partial charge in [-0.05, 0) is 33.2 Å². The van der Waals surface area contributed by atoms with Crippen molar-refractivity contribution in [1.29, 1.82) is 0 Å². The molecule has 0 bridgehead atoms. The number of hydrogen-bond donors (Lipinski definition) is 2. The Morgan fingerprint density at radius 2 is 2.26 bits per heavy atom. The van der Waals surface area contributed by atoms with E-state index in [1.54, 1.807) is 0 Å². The van der Waals surface area contributed by atoms with Crippen LogP contribution in [0.3, 0.4) is 0 Å². The van der Waals surface area contributed by atoms with Crippen LogP contribution in [-0.2, 0) is 16.9 Å². The smallest absolute Gasteiger partial charge is 0.240 e. The fourth-order valence-corrected chi connectivity index (χ4v) is 2.26. The Hall–Kier alpha value is -1.47. The Bertz CT molecular complexity index is 451. The lowest BCUT2D eigenvalue weighted by molar-refractivity contribution is -0.124. The molecular weight excluding hydrogens is 246 g/mol. The second-order valence-electron chi connectivity index (χ2n) is 5.62. The maximum Gasteiger partial charge on any atom is 0.240 e. The molecule has 1 aliphatic heterocycles. The van der Waals surface area contributed by atoms with Crippen LogP contribution in [0.2, 0.25) is 0 Å². The maximum absolute atomic E-state index is 11.4. The lowest BCUT2D eigenvalue weighted by Gasteiger charge is -2.32. The third-order valence-electron chi connectivity index (χ3n) is 3.32. The molecule has 2 rings (SSSR count). The molecule has 106 valence electrons. The zero-order chi connectivity index (χ0) is 14.0. The molecular formula is C12H21N5O2. The molecule has 0 spiro atoms. The third-order valence-corrected chi connectivity index (χ3v) is 3.32. The topological polar surface area (TPSA) is 111 Å². The average Bonchev–Trinajstić information content (AvgIpc) is 2.77. The van der Waals surface area contributed by atoms with Crippen molar-refractivity contribution >= 4 is 5.91 Å². The summed E-state index contributed by atoms with van der Waals surface area (Å²) in [6.45, 7) is 4.89. The van der Waals surface area contributed by atoms with Crippen molar-refractivity contribution in [2.75, 3.05) is 6.54 Å². The van der Waals surface area contributed by atoms with Crippen LogP contribution in [0.15, 0.2) is 4.52 Å². The molecule has 0 saturated carbocycles. The van der Waals surface area contributed by atoms with Gasteiger partial charge < -0.3 is 16.0 Å². The van der Waals surface area contributed by atoms with Crippen molar-refractivity contribution < 1.29 is 9.32 Å². The Morgan fingerprint density at radius 1 is 1.53 bits per heavy atom. The number of carbonyl (C=O) groups is 1. The average molecular weight is 267 g/mol. The summed E-state index contributed by atoms with van der Waals surface area (Å²) in [7, 11) is 0. The second-order valence-corrected chi connectivity index (χ2v) is 5.62. The van der Waals surface area contributed by atoms with E-state index in [-0.39, 0.29) is 11.9 Å². The van der Waals surface area contributed by atoms with Gasteiger partial charge in [-0.1, -0.05) is 11.6 Å². The van der Waals surface area contributed by atoms with Crippen LogP contribution >= 0.6 is 0 Å². The largest absolute Gasteiger partial charge is 0.368 e. The van der Waals surface area contributed by atoms with Crippen LogP contribution in [0.1, 0.15) is 44.8 Å². The zero-order valence-corrected chi connectivity index (χ0v) is 11.4. The van der Waals surface area contributed by atoms with Gasteiger partial charge in [0.1, 0.15) is 0 Å². The number of nitrogens with zero attached hydrogens (tertiary/aromatic N) is 3. The minimum Gasteiger partial charge on any atom is -0.368 e. The first-order chi connectivity index (χ1) is 8.88. The molecule has 0 aliphatic carbocycles. The fourth-order valence-electron chi connectivity index (χ4n) is 2.26.